The van der Waals surface area contributed by atoms with Crippen LogP contribution in [-0.2, 0) is 10.8 Å². The second-order valence-corrected chi connectivity index (χ2v) is 17.0. The Hall–Kier alpha value is -6.64. The summed E-state index contributed by atoms with van der Waals surface area (Å²) in [7, 11) is 0. The summed E-state index contributed by atoms with van der Waals surface area (Å²) < 4.78 is 2.43. The molecule has 0 radical (unpaired) electrons. The number of rotatable bonds is 7. The molecule has 9 aromatic rings. The molecule has 1 aliphatic rings. The Labute approximate surface area is 336 Å². The van der Waals surface area contributed by atoms with Crippen LogP contribution in [0.5, 0.6) is 0 Å². The van der Waals surface area contributed by atoms with Crippen LogP contribution in [-0.4, -0.2) is 4.57 Å². The van der Waals surface area contributed by atoms with Crippen molar-refractivity contribution in [2.24, 2.45) is 0 Å². The van der Waals surface area contributed by atoms with Crippen LogP contribution in [0.3, 0.4) is 0 Å². The smallest absolute Gasteiger partial charge is 0.0561 e. The third-order valence-electron chi connectivity index (χ3n) is 12.2. The van der Waals surface area contributed by atoms with E-state index >= 15 is 0 Å². The van der Waals surface area contributed by atoms with Crippen LogP contribution in [0.15, 0.2) is 194 Å². The molecule has 276 valence electrons. The van der Waals surface area contributed by atoms with Gasteiger partial charge in [0.25, 0.3) is 0 Å². The lowest BCUT2D eigenvalue weighted by molar-refractivity contribution is 0.403. The molecule has 1 aliphatic carbocycles. The molecule has 1 heterocycles. The highest BCUT2D eigenvalue weighted by atomic mass is 15.1. The minimum absolute atomic E-state index is 0.164. The summed E-state index contributed by atoms with van der Waals surface area (Å²) in [6.45, 7) is 9.55. The fraction of sp³-hybridized carbons (Fsp3) is 0.127. The van der Waals surface area contributed by atoms with Gasteiger partial charge < -0.3 is 9.47 Å². The lowest BCUT2D eigenvalue weighted by Crippen LogP contribution is -2.17. The Bertz CT molecular complexity index is 2800. The molecule has 57 heavy (non-hydrogen) atoms. The third kappa shape index (κ3) is 6.13. The zero-order chi connectivity index (χ0) is 38.7. The first-order valence-corrected chi connectivity index (χ1v) is 20.1. The van der Waals surface area contributed by atoms with Crippen LogP contribution in [0.2, 0.25) is 0 Å². The molecule has 0 amide bonds. The summed E-state index contributed by atoms with van der Waals surface area (Å²) in [6.07, 6.45) is 1.17. The number of aromatic nitrogens is 1. The molecule has 0 N–H and O–H groups in total. The standard InChI is InChI=1S/C55H46N2/c1-54(2)37-55(3,4)51-35-43(25-34-50(51)54)42-23-30-46(31-24-42)57-52-18-12-11-17-48(52)49-33-32-47(36-53(49)57)56(44-26-19-40(20-27-44)38-13-7-5-8-14-38)45-28-21-41(22-29-45)39-15-9-6-10-16-39/h5-36H,37H2,1-4H3. The lowest BCUT2D eigenvalue weighted by Gasteiger charge is -2.26. The highest BCUT2D eigenvalue weighted by molar-refractivity contribution is 6.10. The molecule has 0 fully saturated rings. The van der Waals surface area contributed by atoms with Gasteiger partial charge in [0.05, 0.1) is 11.0 Å². The molecular weight excluding hydrogens is 689 g/mol. The maximum atomic E-state index is 2.44. The van der Waals surface area contributed by atoms with Crippen molar-refractivity contribution in [1.29, 1.82) is 0 Å². The Morgan fingerprint density at radius 1 is 0.368 bits per heavy atom. The van der Waals surface area contributed by atoms with Gasteiger partial charge in [0.1, 0.15) is 0 Å². The first-order chi connectivity index (χ1) is 27.7. The van der Waals surface area contributed by atoms with E-state index in [2.05, 4.69) is 231 Å². The fourth-order valence-electron chi connectivity index (χ4n) is 9.66. The number of fused-ring (bicyclic) bond motifs is 4. The van der Waals surface area contributed by atoms with Crippen molar-refractivity contribution in [2.45, 2.75) is 44.9 Å². The zero-order valence-corrected chi connectivity index (χ0v) is 33.1. The van der Waals surface area contributed by atoms with Crippen molar-refractivity contribution < 1.29 is 0 Å². The van der Waals surface area contributed by atoms with E-state index in [-0.39, 0.29) is 10.8 Å². The van der Waals surface area contributed by atoms with Gasteiger partial charge in [-0.15, -0.1) is 0 Å². The van der Waals surface area contributed by atoms with Crippen molar-refractivity contribution in [3.8, 4) is 39.1 Å². The van der Waals surface area contributed by atoms with Crippen molar-refractivity contribution in [3.05, 3.63) is 205 Å². The minimum Gasteiger partial charge on any atom is -0.310 e. The van der Waals surface area contributed by atoms with Gasteiger partial charge in [-0.1, -0.05) is 167 Å². The zero-order valence-electron chi connectivity index (χ0n) is 33.1. The van der Waals surface area contributed by atoms with Crippen LogP contribution in [0.1, 0.15) is 45.2 Å². The Kier molecular flexibility index (Phi) is 8.27. The van der Waals surface area contributed by atoms with E-state index in [9.17, 15) is 0 Å². The topological polar surface area (TPSA) is 8.17 Å². The number of para-hydroxylation sites is 1. The normalized spacial score (nSPS) is 14.2. The lowest BCUT2D eigenvalue weighted by atomic mass is 9.82. The SMILES string of the molecule is CC1(C)CC(C)(C)c2cc(-c3ccc(-n4c5ccccc5c5ccc(N(c6ccc(-c7ccccc7)cc6)c6ccc(-c7ccccc7)cc6)cc54)cc3)ccc21. The highest BCUT2D eigenvalue weighted by Gasteiger charge is 2.41. The number of benzene rings is 8. The number of hydrogen-bond donors (Lipinski definition) is 0. The van der Waals surface area contributed by atoms with Crippen LogP contribution in [0, 0.1) is 0 Å². The quantitative estimate of drug-likeness (QED) is 0.158. The fourth-order valence-corrected chi connectivity index (χ4v) is 9.66. The van der Waals surface area contributed by atoms with Gasteiger partial charge in [-0.05, 0) is 116 Å². The predicted molar refractivity (Wildman–Crippen MR) is 242 cm³/mol. The summed E-state index contributed by atoms with van der Waals surface area (Å²) in [5.74, 6) is 0. The molecule has 0 spiro atoms. The molecule has 0 unspecified atom stereocenters. The number of nitrogens with zero attached hydrogens (tertiary/aromatic N) is 2. The minimum atomic E-state index is 0.164. The van der Waals surface area contributed by atoms with Gasteiger partial charge in [-0.25, -0.2) is 0 Å². The molecule has 0 atom stereocenters. The van der Waals surface area contributed by atoms with E-state index in [1.807, 2.05) is 0 Å². The molecule has 0 saturated heterocycles. The van der Waals surface area contributed by atoms with Gasteiger partial charge in [0.2, 0.25) is 0 Å². The maximum Gasteiger partial charge on any atom is 0.0561 e. The monoisotopic (exact) mass is 734 g/mol. The molecule has 1 aromatic heterocycles. The first kappa shape index (κ1) is 34.8. The summed E-state index contributed by atoms with van der Waals surface area (Å²) in [5, 5.41) is 2.48. The van der Waals surface area contributed by atoms with E-state index in [1.165, 1.54) is 72.7 Å². The molecule has 2 heteroatoms. The maximum absolute atomic E-state index is 2.44. The van der Waals surface area contributed by atoms with Gasteiger partial charge in [-0.2, -0.15) is 0 Å². The molecule has 2 nitrogen and oxygen atoms in total. The largest absolute Gasteiger partial charge is 0.310 e. The summed E-state index contributed by atoms with van der Waals surface area (Å²) >= 11 is 0. The number of hydrogen-bond acceptors (Lipinski definition) is 1. The third-order valence-corrected chi connectivity index (χ3v) is 12.2. The summed E-state index contributed by atoms with van der Waals surface area (Å²) in [6, 6.07) is 71.1. The van der Waals surface area contributed by atoms with Crippen molar-refractivity contribution in [2.75, 3.05) is 4.90 Å². The average molecular weight is 735 g/mol. The van der Waals surface area contributed by atoms with Crippen LogP contribution in [0.4, 0.5) is 17.1 Å². The second-order valence-electron chi connectivity index (χ2n) is 17.0. The average Bonchev–Trinajstić information content (AvgIpc) is 3.67. The molecule has 10 rings (SSSR count). The van der Waals surface area contributed by atoms with Gasteiger partial charge in [0.15, 0.2) is 0 Å². The molecule has 8 aromatic carbocycles. The van der Waals surface area contributed by atoms with Gasteiger partial charge in [0, 0.05) is 33.5 Å². The van der Waals surface area contributed by atoms with Crippen LogP contribution >= 0.6 is 0 Å². The second kappa shape index (κ2) is 13.5. The Morgan fingerprint density at radius 3 is 1.44 bits per heavy atom. The first-order valence-electron chi connectivity index (χ1n) is 20.1. The predicted octanol–water partition coefficient (Wildman–Crippen LogP) is 15.2. The van der Waals surface area contributed by atoms with Crippen molar-refractivity contribution in [1.82, 2.24) is 4.57 Å². The van der Waals surface area contributed by atoms with Gasteiger partial charge in [-0.3, -0.25) is 0 Å². The van der Waals surface area contributed by atoms with E-state index in [0.29, 0.717) is 0 Å². The molecule has 0 aliphatic heterocycles. The van der Waals surface area contributed by atoms with Gasteiger partial charge >= 0.3 is 0 Å². The van der Waals surface area contributed by atoms with E-state index < -0.39 is 0 Å². The van der Waals surface area contributed by atoms with Crippen LogP contribution in [0.25, 0.3) is 60.9 Å². The molecular formula is C55H46N2. The van der Waals surface area contributed by atoms with E-state index in [1.54, 1.807) is 0 Å². The highest BCUT2D eigenvalue weighted by Crippen LogP contribution is 2.50. The summed E-state index contributed by atoms with van der Waals surface area (Å²) in [5.41, 5.74) is 17.5. The van der Waals surface area contributed by atoms with Crippen molar-refractivity contribution >= 4 is 38.9 Å². The van der Waals surface area contributed by atoms with Crippen molar-refractivity contribution in [3.63, 3.8) is 0 Å². The van der Waals surface area contributed by atoms with E-state index in [4.69, 9.17) is 0 Å². The Morgan fingerprint density at radius 2 is 0.825 bits per heavy atom. The Balaban J connectivity index is 1.09. The van der Waals surface area contributed by atoms with E-state index in [0.717, 1.165) is 22.7 Å². The summed E-state index contributed by atoms with van der Waals surface area (Å²) in [4.78, 5) is 2.38. The number of anilines is 3. The molecule has 0 bridgehead atoms. The molecule has 0 saturated carbocycles. The van der Waals surface area contributed by atoms with Crippen LogP contribution < -0.4 is 4.90 Å².